The number of aromatic nitrogens is 1. The fourth-order valence-corrected chi connectivity index (χ4v) is 1.52. The van der Waals surface area contributed by atoms with Crippen molar-refractivity contribution < 1.29 is 9.21 Å². The SMILES string of the molecule is CN(Cc1ccco1)C(=O)NCc1cccnc1. The van der Waals surface area contributed by atoms with Crippen molar-refractivity contribution in [1.82, 2.24) is 15.2 Å². The Hall–Kier alpha value is -2.30. The molecule has 2 heterocycles. The predicted octanol–water partition coefficient (Wildman–Crippen LogP) is 2.02. The minimum Gasteiger partial charge on any atom is -0.467 e. The van der Waals surface area contributed by atoms with E-state index in [0.29, 0.717) is 13.1 Å². The maximum atomic E-state index is 11.8. The number of rotatable bonds is 4. The van der Waals surface area contributed by atoms with E-state index in [9.17, 15) is 4.79 Å². The third kappa shape index (κ3) is 3.35. The van der Waals surface area contributed by atoms with Gasteiger partial charge in [0.2, 0.25) is 0 Å². The second kappa shape index (κ2) is 5.86. The Morgan fingerprint density at radius 1 is 1.44 bits per heavy atom. The predicted molar refractivity (Wildman–Crippen MR) is 66.6 cm³/mol. The van der Waals surface area contributed by atoms with Crippen molar-refractivity contribution in [3.63, 3.8) is 0 Å². The number of nitrogens with one attached hydrogen (secondary N) is 1. The summed E-state index contributed by atoms with van der Waals surface area (Å²) in [5.41, 5.74) is 0.970. The lowest BCUT2D eigenvalue weighted by Crippen LogP contribution is -2.36. The number of nitrogens with zero attached hydrogens (tertiary/aromatic N) is 2. The number of carbonyl (C=O) groups excluding carboxylic acids is 1. The monoisotopic (exact) mass is 245 g/mol. The maximum Gasteiger partial charge on any atom is 0.317 e. The van der Waals surface area contributed by atoms with E-state index in [0.717, 1.165) is 11.3 Å². The van der Waals surface area contributed by atoms with Crippen molar-refractivity contribution >= 4 is 6.03 Å². The van der Waals surface area contributed by atoms with E-state index in [1.165, 1.54) is 0 Å². The van der Waals surface area contributed by atoms with Gasteiger partial charge in [0.25, 0.3) is 0 Å². The van der Waals surface area contributed by atoms with Crippen LogP contribution >= 0.6 is 0 Å². The van der Waals surface area contributed by atoms with E-state index < -0.39 is 0 Å². The summed E-state index contributed by atoms with van der Waals surface area (Å²) in [6, 6.07) is 7.26. The lowest BCUT2D eigenvalue weighted by atomic mass is 10.3. The molecule has 2 amide bonds. The molecule has 0 aliphatic heterocycles. The van der Waals surface area contributed by atoms with E-state index in [2.05, 4.69) is 10.3 Å². The second-order valence-corrected chi connectivity index (χ2v) is 3.96. The molecule has 94 valence electrons. The molecule has 2 aromatic rings. The summed E-state index contributed by atoms with van der Waals surface area (Å²) in [4.78, 5) is 17.3. The van der Waals surface area contributed by atoms with Crippen LogP contribution in [-0.4, -0.2) is 23.0 Å². The van der Waals surface area contributed by atoms with Gasteiger partial charge in [0.1, 0.15) is 5.76 Å². The Bertz CT molecular complexity index is 482. The zero-order chi connectivity index (χ0) is 12.8. The summed E-state index contributed by atoms with van der Waals surface area (Å²) < 4.78 is 5.19. The molecule has 2 aromatic heterocycles. The van der Waals surface area contributed by atoms with Gasteiger partial charge in [0.15, 0.2) is 0 Å². The van der Waals surface area contributed by atoms with Gasteiger partial charge in [-0.1, -0.05) is 6.07 Å². The van der Waals surface area contributed by atoms with Gasteiger partial charge in [0.05, 0.1) is 12.8 Å². The van der Waals surface area contributed by atoms with Crippen LogP contribution in [0.5, 0.6) is 0 Å². The third-order valence-corrected chi connectivity index (χ3v) is 2.49. The third-order valence-electron chi connectivity index (χ3n) is 2.49. The molecule has 0 saturated heterocycles. The largest absolute Gasteiger partial charge is 0.467 e. The summed E-state index contributed by atoms with van der Waals surface area (Å²) in [5, 5.41) is 2.82. The number of hydrogen-bond donors (Lipinski definition) is 1. The van der Waals surface area contributed by atoms with Crippen LogP contribution in [0, 0.1) is 0 Å². The molecule has 5 nitrogen and oxygen atoms in total. The van der Waals surface area contributed by atoms with E-state index in [1.807, 2.05) is 18.2 Å². The van der Waals surface area contributed by atoms with Crippen LogP contribution < -0.4 is 5.32 Å². The first kappa shape index (κ1) is 12.2. The van der Waals surface area contributed by atoms with Crippen molar-refractivity contribution in [3.05, 3.63) is 54.2 Å². The normalized spacial score (nSPS) is 10.1. The number of amides is 2. The Morgan fingerprint density at radius 2 is 2.33 bits per heavy atom. The van der Waals surface area contributed by atoms with Crippen LogP contribution in [0.25, 0.3) is 0 Å². The van der Waals surface area contributed by atoms with Crippen LogP contribution in [-0.2, 0) is 13.1 Å². The van der Waals surface area contributed by atoms with E-state index in [1.54, 1.807) is 36.7 Å². The van der Waals surface area contributed by atoms with Crippen LogP contribution in [0.3, 0.4) is 0 Å². The molecule has 0 fully saturated rings. The van der Waals surface area contributed by atoms with Gasteiger partial charge in [-0.15, -0.1) is 0 Å². The first-order valence-corrected chi connectivity index (χ1v) is 5.66. The van der Waals surface area contributed by atoms with Crippen LogP contribution in [0.1, 0.15) is 11.3 Å². The Labute approximate surface area is 105 Å². The van der Waals surface area contributed by atoms with Crippen LogP contribution in [0.4, 0.5) is 4.79 Å². The Kier molecular flexibility index (Phi) is 3.96. The molecule has 0 bridgehead atoms. The van der Waals surface area contributed by atoms with Gasteiger partial charge >= 0.3 is 6.03 Å². The number of pyridine rings is 1. The molecule has 18 heavy (non-hydrogen) atoms. The van der Waals surface area contributed by atoms with E-state index >= 15 is 0 Å². The van der Waals surface area contributed by atoms with Gasteiger partial charge < -0.3 is 14.6 Å². The number of furan rings is 1. The number of hydrogen-bond acceptors (Lipinski definition) is 3. The van der Waals surface area contributed by atoms with Crippen molar-refractivity contribution in [2.24, 2.45) is 0 Å². The molecule has 0 aliphatic rings. The summed E-state index contributed by atoms with van der Waals surface area (Å²) in [6.45, 7) is 0.918. The van der Waals surface area contributed by atoms with Crippen molar-refractivity contribution in [2.45, 2.75) is 13.1 Å². The average Bonchev–Trinajstić information content (AvgIpc) is 2.90. The van der Waals surface area contributed by atoms with Gasteiger partial charge in [-0.25, -0.2) is 4.79 Å². The minimum atomic E-state index is -0.143. The molecule has 0 aliphatic carbocycles. The van der Waals surface area contributed by atoms with Gasteiger partial charge in [-0.05, 0) is 23.8 Å². The standard InChI is InChI=1S/C13H15N3O2/c1-16(10-12-5-3-7-18-12)13(17)15-9-11-4-2-6-14-8-11/h2-8H,9-10H2,1H3,(H,15,17). The lowest BCUT2D eigenvalue weighted by Gasteiger charge is -2.16. The van der Waals surface area contributed by atoms with Gasteiger partial charge in [-0.3, -0.25) is 4.98 Å². The van der Waals surface area contributed by atoms with E-state index in [4.69, 9.17) is 4.42 Å². The minimum absolute atomic E-state index is 0.143. The molecule has 0 spiro atoms. The smallest absolute Gasteiger partial charge is 0.317 e. The van der Waals surface area contributed by atoms with Crippen LogP contribution in [0.15, 0.2) is 47.3 Å². The summed E-state index contributed by atoms with van der Waals surface area (Å²) >= 11 is 0. The zero-order valence-corrected chi connectivity index (χ0v) is 10.2. The van der Waals surface area contributed by atoms with Gasteiger partial charge in [-0.2, -0.15) is 0 Å². The lowest BCUT2D eigenvalue weighted by molar-refractivity contribution is 0.202. The average molecular weight is 245 g/mol. The quantitative estimate of drug-likeness (QED) is 0.896. The highest BCUT2D eigenvalue weighted by Crippen LogP contribution is 2.04. The number of urea groups is 1. The highest BCUT2D eigenvalue weighted by molar-refractivity contribution is 5.73. The first-order valence-electron chi connectivity index (χ1n) is 5.66. The fourth-order valence-electron chi connectivity index (χ4n) is 1.52. The van der Waals surface area contributed by atoms with Crippen molar-refractivity contribution in [1.29, 1.82) is 0 Å². The van der Waals surface area contributed by atoms with Crippen molar-refractivity contribution in [3.8, 4) is 0 Å². The van der Waals surface area contributed by atoms with Crippen molar-refractivity contribution in [2.75, 3.05) is 7.05 Å². The fraction of sp³-hybridized carbons (Fsp3) is 0.231. The zero-order valence-electron chi connectivity index (χ0n) is 10.2. The summed E-state index contributed by atoms with van der Waals surface area (Å²) in [7, 11) is 1.72. The highest BCUT2D eigenvalue weighted by Gasteiger charge is 2.09. The van der Waals surface area contributed by atoms with E-state index in [-0.39, 0.29) is 6.03 Å². The maximum absolute atomic E-state index is 11.8. The molecular weight excluding hydrogens is 230 g/mol. The molecule has 5 heteroatoms. The molecule has 0 unspecified atom stereocenters. The molecule has 0 saturated carbocycles. The molecule has 0 aromatic carbocycles. The highest BCUT2D eigenvalue weighted by atomic mass is 16.3. The molecular formula is C13H15N3O2. The molecule has 2 rings (SSSR count). The summed E-state index contributed by atoms with van der Waals surface area (Å²) in [6.07, 6.45) is 5.03. The second-order valence-electron chi connectivity index (χ2n) is 3.96. The molecule has 0 radical (unpaired) electrons. The Morgan fingerprint density at radius 3 is 3.00 bits per heavy atom. The summed E-state index contributed by atoms with van der Waals surface area (Å²) in [5.74, 6) is 0.758. The van der Waals surface area contributed by atoms with Gasteiger partial charge in [0, 0.05) is 26.0 Å². The number of carbonyl (C=O) groups is 1. The first-order chi connectivity index (χ1) is 8.75. The Balaban J connectivity index is 1.81. The molecule has 0 atom stereocenters. The van der Waals surface area contributed by atoms with Crippen LogP contribution in [0.2, 0.25) is 0 Å². The topological polar surface area (TPSA) is 58.4 Å². The molecule has 1 N–H and O–H groups in total.